The van der Waals surface area contributed by atoms with Crippen LogP contribution < -0.4 is 0 Å². The highest BCUT2D eigenvalue weighted by atomic mass is 14.7. The number of hydrogen-bond acceptors (Lipinski definition) is 1. The van der Waals surface area contributed by atoms with E-state index in [1.165, 1.54) is 38.9 Å². The molecule has 2 unspecified atom stereocenters. The normalized spacial score (nSPS) is 21.9. The summed E-state index contributed by atoms with van der Waals surface area (Å²) in [6.45, 7) is 9.44. The molecule has 0 aliphatic heterocycles. The third-order valence-corrected chi connectivity index (χ3v) is 6.56. The van der Waals surface area contributed by atoms with E-state index in [-0.39, 0.29) is 5.41 Å². The van der Waals surface area contributed by atoms with Crippen LogP contribution in [0.3, 0.4) is 0 Å². The Morgan fingerprint density at radius 2 is 1.56 bits per heavy atom. The minimum Gasteiger partial charge on any atom is -0.256 e. The number of pyridine rings is 1. The summed E-state index contributed by atoms with van der Waals surface area (Å²) in [5.74, 6) is 1.08. The van der Waals surface area contributed by atoms with Crippen molar-refractivity contribution in [2.24, 2.45) is 0 Å². The van der Waals surface area contributed by atoms with Crippen LogP contribution in [0.1, 0.15) is 61.8 Å². The lowest BCUT2D eigenvalue weighted by Crippen LogP contribution is -2.21. The first-order chi connectivity index (χ1) is 12.0. The van der Waals surface area contributed by atoms with Gasteiger partial charge in [0.05, 0.1) is 5.69 Å². The van der Waals surface area contributed by atoms with Crippen molar-refractivity contribution >= 4 is 0 Å². The van der Waals surface area contributed by atoms with E-state index in [9.17, 15) is 0 Å². The highest BCUT2D eigenvalue weighted by molar-refractivity contribution is 5.90. The van der Waals surface area contributed by atoms with E-state index in [1.54, 1.807) is 0 Å². The summed E-state index contributed by atoms with van der Waals surface area (Å²) in [5, 5.41) is 0. The summed E-state index contributed by atoms with van der Waals surface area (Å²) in [6, 6.07) is 18.0. The number of hydrogen-bond donors (Lipinski definition) is 0. The fraction of sp³-hybridized carbons (Fsp3) is 0.292. The lowest BCUT2D eigenvalue weighted by molar-refractivity contribution is 0.607. The van der Waals surface area contributed by atoms with Gasteiger partial charge in [0.2, 0.25) is 0 Å². The Morgan fingerprint density at radius 3 is 2.40 bits per heavy atom. The number of benzene rings is 2. The van der Waals surface area contributed by atoms with Crippen molar-refractivity contribution in [3.63, 3.8) is 0 Å². The molecule has 2 aliphatic carbocycles. The molecule has 1 heterocycles. The van der Waals surface area contributed by atoms with Gasteiger partial charge in [-0.1, -0.05) is 70.2 Å². The van der Waals surface area contributed by atoms with Crippen molar-refractivity contribution in [1.29, 1.82) is 0 Å². The zero-order valence-electron chi connectivity index (χ0n) is 15.3. The highest BCUT2D eigenvalue weighted by Gasteiger charge is 2.41. The first kappa shape index (κ1) is 14.9. The van der Waals surface area contributed by atoms with Crippen molar-refractivity contribution in [2.75, 3.05) is 0 Å². The Hall–Kier alpha value is -2.41. The molecule has 0 amide bonds. The number of rotatable bonds is 0. The maximum atomic E-state index is 4.74. The van der Waals surface area contributed by atoms with Gasteiger partial charge >= 0.3 is 0 Å². The van der Waals surface area contributed by atoms with Crippen LogP contribution in [-0.2, 0) is 5.41 Å². The lowest BCUT2D eigenvalue weighted by atomic mass is 9.68. The van der Waals surface area contributed by atoms with Crippen LogP contribution >= 0.6 is 0 Å². The van der Waals surface area contributed by atoms with Crippen molar-refractivity contribution < 1.29 is 0 Å². The molecule has 25 heavy (non-hydrogen) atoms. The molecule has 0 saturated carbocycles. The van der Waals surface area contributed by atoms with E-state index in [0.29, 0.717) is 11.8 Å². The Balaban J connectivity index is 1.92. The molecule has 2 atom stereocenters. The minimum atomic E-state index is -0.0162. The number of nitrogens with zero attached hydrogens (tertiary/aromatic N) is 1. The molecule has 5 rings (SSSR count). The van der Waals surface area contributed by atoms with Crippen LogP contribution in [0.25, 0.3) is 22.4 Å². The SMILES string of the molecule is CC1c2ccccc2-c2c(ccc3c2C(C)(C)c2cccnc2-3)C1C. The topological polar surface area (TPSA) is 12.9 Å². The second kappa shape index (κ2) is 4.82. The molecular formula is C24H23N. The fourth-order valence-electron chi connectivity index (χ4n) is 5.05. The van der Waals surface area contributed by atoms with Crippen LogP contribution in [0.4, 0.5) is 0 Å². The van der Waals surface area contributed by atoms with E-state index in [0.717, 1.165) is 5.69 Å². The third-order valence-electron chi connectivity index (χ3n) is 6.56. The third kappa shape index (κ3) is 1.76. The molecule has 1 heteroatoms. The van der Waals surface area contributed by atoms with Crippen molar-refractivity contribution in [2.45, 2.75) is 44.9 Å². The minimum absolute atomic E-state index is 0.0162. The van der Waals surface area contributed by atoms with Gasteiger partial charge in [0.25, 0.3) is 0 Å². The Morgan fingerprint density at radius 1 is 0.800 bits per heavy atom. The smallest absolute Gasteiger partial charge is 0.0746 e. The highest BCUT2D eigenvalue weighted by Crippen LogP contribution is 2.56. The lowest BCUT2D eigenvalue weighted by Gasteiger charge is -2.35. The first-order valence-corrected chi connectivity index (χ1v) is 9.24. The number of fused-ring (bicyclic) bond motifs is 7. The van der Waals surface area contributed by atoms with Crippen LogP contribution in [0.15, 0.2) is 54.7 Å². The van der Waals surface area contributed by atoms with Gasteiger partial charge in [-0.25, -0.2) is 0 Å². The van der Waals surface area contributed by atoms with Gasteiger partial charge in [0, 0.05) is 17.2 Å². The molecule has 3 aromatic rings. The van der Waals surface area contributed by atoms with Gasteiger partial charge in [0.15, 0.2) is 0 Å². The largest absolute Gasteiger partial charge is 0.256 e. The van der Waals surface area contributed by atoms with Crippen molar-refractivity contribution in [3.05, 3.63) is 77.0 Å². The molecule has 0 radical (unpaired) electrons. The molecule has 0 fully saturated rings. The van der Waals surface area contributed by atoms with Crippen molar-refractivity contribution in [1.82, 2.24) is 4.98 Å². The zero-order chi connectivity index (χ0) is 17.3. The Labute approximate surface area is 149 Å². The molecule has 0 saturated heterocycles. The van der Waals surface area contributed by atoms with E-state index in [2.05, 4.69) is 76.2 Å². The van der Waals surface area contributed by atoms with E-state index < -0.39 is 0 Å². The van der Waals surface area contributed by atoms with E-state index >= 15 is 0 Å². The van der Waals surface area contributed by atoms with Gasteiger partial charge in [-0.15, -0.1) is 0 Å². The number of aromatic nitrogens is 1. The predicted octanol–water partition coefficient (Wildman–Crippen LogP) is 6.28. The second-order valence-electron chi connectivity index (χ2n) is 8.14. The van der Waals surface area contributed by atoms with Crippen LogP contribution in [-0.4, -0.2) is 4.98 Å². The molecule has 1 nitrogen and oxygen atoms in total. The van der Waals surface area contributed by atoms with Gasteiger partial charge < -0.3 is 0 Å². The summed E-state index contributed by atoms with van der Waals surface area (Å²) < 4.78 is 0. The fourth-order valence-corrected chi connectivity index (χ4v) is 5.05. The molecular weight excluding hydrogens is 302 g/mol. The maximum Gasteiger partial charge on any atom is 0.0746 e. The van der Waals surface area contributed by atoms with Crippen molar-refractivity contribution in [3.8, 4) is 22.4 Å². The van der Waals surface area contributed by atoms with Crippen LogP contribution in [0.2, 0.25) is 0 Å². The van der Waals surface area contributed by atoms with Gasteiger partial charge in [-0.3, -0.25) is 4.98 Å². The summed E-state index contributed by atoms with van der Waals surface area (Å²) in [4.78, 5) is 4.74. The quantitative estimate of drug-likeness (QED) is 0.474. The van der Waals surface area contributed by atoms with Crippen LogP contribution in [0.5, 0.6) is 0 Å². The summed E-state index contributed by atoms with van der Waals surface area (Å²) in [7, 11) is 0. The maximum absolute atomic E-state index is 4.74. The Kier molecular flexibility index (Phi) is 2.87. The predicted molar refractivity (Wildman–Crippen MR) is 104 cm³/mol. The first-order valence-electron chi connectivity index (χ1n) is 9.24. The molecule has 2 aromatic carbocycles. The molecule has 0 N–H and O–H groups in total. The van der Waals surface area contributed by atoms with E-state index in [1.807, 2.05) is 6.20 Å². The summed E-state index contributed by atoms with van der Waals surface area (Å²) in [6.07, 6.45) is 1.92. The molecule has 1 aromatic heterocycles. The van der Waals surface area contributed by atoms with E-state index in [4.69, 9.17) is 4.98 Å². The average molecular weight is 325 g/mol. The second-order valence-corrected chi connectivity index (χ2v) is 8.14. The van der Waals surface area contributed by atoms with Gasteiger partial charge in [-0.2, -0.15) is 0 Å². The monoisotopic (exact) mass is 325 g/mol. The summed E-state index contributed by atoms with van der Waals surface area (Å²) in [5.41, 5.74) is 11.1. The molecule has 2 aliphatic rings. The molecule has 0 bridgehead atoms. The van der Waals surface area contributed by atoms with Gasteiger partial charge in [0.1, 0.15) is 0 Å². The van der Waals surface area contributed by atoms with Crippen LogP contribution in [0, 0.1) is 0 Å². The average Bonchev–Trinajstić information content (AvgIpc) is 2.87. The van der Waals surface area contributed by atoms with Gasteiger partial charge in [-0.05, 0) is 51.3 Å². The molecule has 0 spiro atoms. The summed E-state index contributed by atoms with van der Waals surface area (Å²) >= 11 is 0. The standard InChI is InChI=1S/C24H23N/c1-14-15(2)17-11-12-19-22(21(17)18-9-6-5-8-16(14)18)24(3,4)20-10-7-13-25-23(19)20/h5-15H,1-4H3. The zero-order valence-corrected chi connectivity index (χ0v) is 15.3. The Bertz CT molecular complexity index is 1010. The molecule has 124 valence electrons.